The SMILES string of the molecule is Cc1cc(C(C)(C)N)ccc1C/N=N/c1cc(C(C)(C)N)ccc1C. The van der Waals surface area contributed by atoms with E-state index >= 15 is 0 Å². The lowest BCUT2D eigenvalue weighted by Crippen LogP contribution is -2.28. The number of nitrogens with zero attached hydrogens (tertiary/aromatic N) is 2. The zero-order chi connectivity index (χ0) is 18.8. The lowest BCUT2D eigenvalue weighted by Gasteiger charge is -2.20. The molecule has 4 heteroatoms. The molecule has 4 N–H and O–H groups in total. The van der Waals surface area contributed by atoms with E-state index in [0.29, 0.717) is 6.54 Å². The standard InChI is InChI=1S/C21H30N4/c1-14-7-9-18(21(5,6)23)12-19(14)25-24-13-16-8-10-17(11-15(16)2)20(3,4)22/h7-12H,13,22-23H2,1-6H3/b25-24+. The fourth-order valence-corrected chi connectivity index (χ4v) is 2.58. The van der Waals surface area contributed by atoms with Gasteiger partial charge in [0.1, 0.15) is 0 Å². The number of azo groups is 1. The Balaban J connectivity index is 2.19. The summed E-state index contributed by atoms with van der Waals surface area (Å²) in [6.07, 6.45) is 0. The van der Waals surface area contributed by atoms with Gasteiger partial charge in [0.2, 0.25) is 0 Å². The van der Waals surface area contributed by atoms with Gasteiger partial charge in [-0.1, -0.05) is 30.3 Å². The maximum Gasteiger partial charge on any atom is 0.0885 e. The Morgan fingerprint density at radius 3 is 1.92 bits per heavy atom. The molecule has 0 aliphatic heterocycles. The fraction of sp³-hybridized carbons (Fsp3) is 0.429. The van der Waals surface area contributed by atoms with Crippen LogP contribution in [0, 0.1) is 13.8 Å². The van der Waals surface area contributed by atoms with Crippen molar-refractivity contribution in [1.82, 2.24) is 0 Å². The first kappa shape index (κ1) is 19.3. The molecule has 0 fully saturated rings. The first-order valence-corrected chi connectivity index (χ1v) is 8.65. The van der Waals surface area contributed by atoms with Crippen LogP contribution < -0.4 is 11.5 Å². The van der Waals surface area contributed by atoms with E-state index in [9.17, 15) is 0 Å². The van der Waals surface area contributed by atoms with Gasteiger partial charge in [-0.05, 0) is 75.4 Å². The molecule has 2 rings (SSSR count). The highest BCUT2D eigenvalue weighted by atomic mass is 15.1. The predicted molar refractivity (Wildman–Crippen MR) is 105 cm³/mol. The third-order valence-electron chi connectivity index (χ3n) is 4.46. The second kappa shape index (κ2) is 7.06. The van der Waals surface area contributed by atoms with Crippen LogP contribution in [-0.2, 0) is 17.6 Å². The van der Waals surface area contributed by atoms with Crippen LogP contribution in [0.3, 0.4) is 0 Å². The Hall–Kier alpha value is -2.04. The summed E-state index contributed by atoms with van der Waals surface area (Å²) in [5.74, 6) is 0. The van der Waals surface area contributed by atoms with Gasteiger partial charge in [-0.25, -0.2) is 0 Å². The van der Waals surface area contributed by atoms with E-state index in [0.717, 1.165) is 27.9 Å². The molecule has 0 saturated carbocycles. The Bertz CT molecular complexity index is 777. The second-order valence-electron chi connectivity index (χ2n) is 7.99. The van der Waals surface area contributed by atoms with E-state index in [1.165, 1.54) is 5.56 Å². The molecule has 0 bridgehead atoms. The summed E-state index contributed by atoms with van der Waals surface area (Å²) in [5, 5.41) is 8.83. The average molecular weight is 338 g/mol. The Morgan fingerprint density at radius 2 is 1.36 bits per heavy atom. The average Bonchev–Trinajstić information content (AvgIpc) is 2.48. The van der Waals surface area contributed by atoms with Crippen LogP contribution in [0.5, 0.6) is 0 Å². The molecule has 2 aromatic carbocycles. The number of aryl methyl sites for hydroxylation is 2. The van der Waals surface area contributed by atoms with E-state index < -0.39 is 0 Å². The highest BCUT2D eigenvalue weighted by Crippen LogP contribution is 2.26. The van der Waals surface area contributed by atoms with Crippen molar-refractivity contribution in [3.05, 3.63) is 64.2 Å². The molecule has 0 spiro atoms. The van der Waals surface area contributed by atoms with Gasteiger partial charge in [0.15, 0.2) is 0 Å². The molecule has 134 valence electrons. The summed E-state index contributed by atoms with van der Waals surface area (Å²) in [4.78, 5) is 0. The topological polar surface area (TPSA) is 76.8 Å². The molecule has 0 atom stereocenters. The minimum atomic E-state index is -0.389. The van der Waals surface area contributed by atoms with Crippen molar-refractivity contribution in [2.75, 3.05) is 0 Å². The van der Waals surface area contributed by atoms with Gasteiger partial charge < -0.3 is 11.5 Å². The third kappa shape index (κ3) is 4.97. The van der Waals surface area contributed by atoms with Crippen LogP contribution in [0.25, 0.3) is 0 Å². The Kier molecular flexibility index (Phi) is 5.45. The minimum absolute atomic E-state index is 0.336. The summed E-state index contributed by atoms with van der Waals surface area (Å²) in [6.45, 7) is 12.7. The van der Waals surface area contributed by atoms with Crippen molar-refractivity contribution in [2.45, 2.75) is 59.2 Å². The summed E-state index contributed by atoms with van der Waals surface area (Å²) in [6, 6.07) is 12.4. The molecule has 0 heterocycles. The third-order valence-corrected chi connectivity index (χ3v) is 4.46. The summed E-state index contributed by atoms with van der Waals surface area (Å²) >= 11 is 0. The monoisotopic (exact) mass is 338 g/mol. The molecule has 0 unspecified atom stereocenters. The van der Waals surface area contributed by atoms with Crippen LogP contribution in [0.2, 0.25) is 0 Å². The molecule has 0 aliphatic rings. The van der Waals surface area contributed by atoms with Gasteiger partial charge in [-0.15, -0.1) is 0 Å². The zero-order valence-electron chi connectivity index (χ0n) is 16.2. The first-order chi connectivity index (χ1) is 11.5. The molecule has 25 heavy (non-hydrogen) atoms. The van der Waals surface area contributed by atoms with Gasteiger partial charge in [0.05, 0.1) is 12.2 Å². The molecule has 2 aromatic rings. The molecule has 0 radical (unpaired) electrons. The van der Waals surface area contributed by atoms with Crippen LogP contribution in [0.4, 0.5) is 5.69 Å². The first-order valence-electron chi connectivity index (χ1n) is 8.65. The second-order valence-corrected chi connectivity index (χ2v) is 7.99. The normalized spacial score (nSPS) is 12.8. The van der Waals surface area contributed by atoms with Crippen molar-refractivity contribution in [3.8, 4) is 0 Å². The maximum atomic E-state index is 6.18. The highest BCUT2D eigenvalue weighted by Gasteiger charge is 2.16. The van der Waals surface area contributed by atoms with Gasteiger partial charge in [-0.2, -0.15) is 10.2 Å². The van der Waals surface area contributed by atoms with Crippen LogP contribution >= 0.6 is 0 Å². The fourth-order valence-electron chi connectivity index (χ4n) is 2.58. The molecule has 0 aromatic heterocycles. The lowest BCUT2D eigenvalue weighted by molar-refractivity contribution is 0.553. The minimum Gasteiger partial charge on any atom is -0.322 e. The van der Waals surface area contributed by atoms with E-state index in [-0.39, 0.29) is 11.1 Å². The van der Waals surface area contributed by atoms with Crippen molar-refractivity contribution in [3.63, 3.8) is 0 Å². The molecule has 0 saturated heterocycles. The molecule has 0 amide bonds. The van der Waals surface area contributed by atoms with Gasteiger partial charge in [-0.3, -0.25) is 0 Å². The van der Waals surface area contributed by atoms with E-state index in [2.05, 4.69) is 35.4 Å². The largest absolute Gasteiger partial charge is 0.322 e. The van der Waals surface area contributed by atoms with Crippen molar-refractivity contribution >= 4 is 5.69 Å². The zero-order valence-corrected chi connectivity index (χ0v) is 16.2. The summed E-state index contributed by atoms with van der Waals surface area (Å²) in [7, 11) is 0. The number of nitrogens with two attached hydrogens (primary N) is 2. The molecule has 4 nitrogen and oxygen atoms in total. The van der Waals surface area contributed by atoms with Gasteiger partial charge in [0, 0.05) is 11.1 Å². The number of hydrogen-bond acceptors (Lipinski definition) is 4. The summed E-state index contributed by atoms with van der Waals surface area (Å²) in [5.41, 5.74) is 18.1. The predicted octanol–water partition coefficient (Wildman–Crippen LogP) is 4.97. The smallest absolute Gasteiger partial charge is 0.0885 e. The van der Waals surface area contributed by atoms with Crippen LogP contribution in [0.1, 0.15) is 55.5 Å². The van der Waals surface area contributed by atoms with Gasteiger partial charge in [0.25, 0.3) is 0 Å². The van der Waals surface area contributed by atoms with Crippen molar-refractivity contribution in [1.29, 1.82) is 0 Å². The Morgan fingerprint density at radius 1 is 0.800 bits per heavy atom. The van der Waals surface area contributed by atoms with Crippen LogP contribution in [0.15, 0.2) is 46.6 Å². The molecule has 0 aliphatic carbocycles. The number of benzene rings is 2. The molecular weight excluding hydrogens is 308 g/mol. The quantitative estimate of drug-likeness (QED) is 0.755. The molecular formula is C21H30N4. The van der Waals surface area contributed by atoms with Crippen LogP contribution in [-0.4, -0.2) is 0 Å². The Labute approximate surface area is 151 Å². The van der Waals surface area contributed by atoms with Crippen molar-refractivity contribution in [2.24, 2.45) is 21.7 Å². The summed E-state index contributed by atoms with van der Waals surface area (Å²) < 4.78 is 0. The lowest BCUT2D eigenvalue weighted by atomic mass is 9.92. The van der Waals surface area contributed by atoms with E-state index in [4.69, 9.17) is 11.5 Å². The number of rotatable bonds is 5. The number of hydrogen-bond donors (Lipinski definition) is 2. The van der Waals surface area contributed by atoms with E-state index in [1.807, 2.05) is 52.8 Å². The van der Waals surface area contributed by atoms with E-state index in [1.54, 1.807) is 0 Å². The maximum absolute atomic E-state index is 6.18. The van der Waals surface area contributed by atoms with Gasteiger partial charge >= 0.3 is 0 Å². The van der Waals surface area contributed by atoms with Crippen molar-refractivity contribution < 1.29 is 0 Å². The highest BCUT2D eigenvalue weighted by molar-refractivity contribution is 5.48.